The topological polar surface area (TPSA) is 89.2 Å². The van der Waals surface area contributed by atoms with Gasteiger partial charge < -0.3 is 14.4 Å². The molecule has 0 saturated carbocycles. The van der Waals surface area contributed by atoms with E-state index in [0.717, 1.165) is 37.5 Å². The van der Waals surface area contributed by atoms with Gasteiger partial charge in [0, 0.05) is 51.4 Å². The highest BCUT2D eigenvalue weighted by atomic mass is 16.2. The Balaban J connectivity index is 1.41. The summed E-state index contributed by atoms with van der Waals surface area (Å²) in [4.78, 5) is 28.0. The quantitative estimate of drug-likeness (QED) is 0.758. The lowest BCUT2D eigenvalue weighted by Gasteiger charge is -2.33. The summed E-state index contributed by atoms with van der Waals surface area (Å²) in [6.45, 7) is 2.85. The zero-order valence-electron chi connectivity index (χ0n) is 15.6. The standard InChI is InChI=1S/C18H25N7O2/c1-22-15(12-25-10-4-7-19-25)20-21-18(22)14-5-2-8-23(11-14)17(27)13-24-9-3-6-16(24)26/h4,7,10,14H,2-3,5-6,8-9,11-13H2,1H3/t14-/m1/s1. The monoisotopic (exact) mass is 371 g/mol. The largest absolute Gasteiger partial charge is 0.340 e. The van der Waals surface area contributed by atoms with Crippen LogP contribution in [0.1, 0.15) is 43.3 Å². The van der Waals surface area contributed by atoms with Crippen LogP contribution >= 0.6 is 0 Å². The highest BCUT2D eigenvalue weighted by Gasteiger charge is 2.30. The summed E-state index contributed by atoms with van der Waals surface area (Å²) in [5.74, 6) is 2.05. The van der Waals surface area contributed by atoms with Crippen LogP contribution in [-0.4, -0.2) is 72.3 Å². The molecule has 4 rings (SSSR count). The number of hydrogen-bond acceptors (Lipinski definition) is 5. The molecule has 2 saturated heterocycles. The van der Waals surface area contributed by atoms with Crippen LogP contribution in [0.25, 0.3) is 0 Å². The van der Waals surface area contributed by atoms with E-state index < -0.39 is 0 Å². The minimum Gasteiger partial charge on any atom is -0.340 e. The summed E-state index contributed by atoms with van der Waals surface area (Å²) in [5.41, 5.74) is 0. The number of aromatic nitrogens is 5. The number of amides is 2. The second-order valence-corrected chi connectivity index (χ2v) is 7.33. The molecule has 2 aliphatic rings. The van der Waals surface area contributed by atoms with Crippen LogP contribution < -0.4 is 0 Å². The molecule has 0 aliphatic carbocycles. The zero-order chi connectivity index (χ0) is 18.8. The lowest BCUT2D eigenvalue weighted by atomic mass is 9.97. The molecule has 0 radical (unpaired) electrons. The van der Waals surface area contributed by atoms with Gasteiger partial charge >= 0.3 is 0 Å². The maximum absolute atomic E-state index is 12.7. The maximum atomic E-state index is 12.7. The average Bonchev–Trinajstić information content (AvgIpc) is 3.40. The van der Waals surface area contributed by atoms with Crippen molar-refractivity contribution >= 4 is 11.8 Å². The van der Waals surface area contributed by atoms with Gasteiger partial charge in [0.05, 0.1) is 6.54 Å². The van der Waals surface area contributed by atoms with Crippen molar-refractivity contribution in [3.63, 3.8) is 0 Å². The Morgan fingerprint density at radius 2 is 2.15 bits per heavy atom. The first-order valence-corrected chi connectivity index (χ1v) is 9.53. The van der Waals surface area contributed by atoms with E-state index in [0.29, 0.717) is 26.1 Å². The third-order valence-electron chi connectivity index (χ3n) is 5.50. The molecule has 0 aromatic carbocycles. The first kappa shape index (κ1) is 17.7. The van der Waals surface area contributed by atoms with Crippen molar-refractivity contribution in [2.45, 2.75) is 38.1 Å². The van der Waals surface area contributed by atoms with Crippen LogP contribution in [0.5, 0.6) is 0 Å². The van der Waals surface area contributed by atoms with Crippen LogP contribution in [-0.2, 0) is 23.2 Å². The normalized spacial score (nSPS) is 20.5. The van der Waals surface area contributed by atoms with Crippen LogP contribution in [0.15, 0.2) is 18.5 Å². The highest BCUT2D eigenvalue weighted by molar-refractivity contribution is 5.86. The molecule has 0 unspecified atom stereocenters. The van der Waals surface area contributed by atoms with E-state index >= 15 is 0 Å². The second-order valence-electron chi connectivity index (χ2n) is 7.33. The van der Waals surface area contributed by atoms with Crippen molar-refractivity contribution in [3.05, 3.63) is 30.1 Å². The van der Waals surface area contributed by atoms with E-state index in [4.69, 9.17) is 0 Å². The number of nitrogens with zero attached hydrogens (tertiary/aromatic N) is 7. The number of piperidine rings is 1. The fourth-order valence-electron chi connectivity index (χ4n) is 3.96. The first-order chi connectivity index (χ1) is 13.1. The highest BCUT2D eigenvalue weighted by Crippen LogP contribution is 2.26. The van der Waals surface area contributed by atoms with Gasteiger partial charge in [-0.3, -0.25) is 14.3 Å². The number of carbonyl (C=O) groups excluding carboxylic acids is 2. The molecular formula is C18H25N7O2. The third kappa shape index (κ3) is 3.72. The zero-order valence-corrected chi connectivity index (χ0v) is 15.6. The molecule has 9 nitrogen and oxygen atoms in total. The Bertz CT molecular complexity index is 814. The summed E-state index contributed by atoms with van der Waals surface area (Å²) >= 11 is 0. The van der Waals surface area contributed by atoms with Gasteiger partial charge in [-0.1, -0.05) is 0 Å². The SMILES string of the molecule is Cn1c(Cn2cccn2)nnc1[C@@H]1CCCN(C(=O)CN2CCCC2=O)C1. The summed E-state index contributed by atoms with van der Waals surface area (Å²) in [7, 11) is 1.97. The summed E-state index contributed by atoms with van der Waals surface area (Å²) in [6, 6.07) is 1.88. The van der Waals surface area contributed by atoms with E-state index in [1.807, 2.05) is 33.5 Å². The third-order valence-corrected chi connectivity index (χ3v) is 5.50. The molecule has 2 aromatic heterocycles. The number of hydrogen-bond donors (Lipinski definition) is 0. The predicted molar refractivity (Wildman–Crippen MR) is 96.7 cm³/mol. The van der Waals surface area contributed by atoms with Gasteiger partial charge in [0.15, 0.2) is 5.82 Å². The molecule has 2 aromatic rings. The van der Waals surface area contributed by atoms with Crippen molar-refractivity contribution in [1.82, 2.24) is 34.3 Å². The van der Waals surface area contributed by atoms with Crippen LogP contribution in [0.3, 0.4) is 0 Å². The van der Waals surface area contributed by atoms with Crippen LogP contribution in [0.2, 0.25) is 0 Å². The molecule has 2 amide bonds. The number of rotatable bonds is 5. The van der Waals surface area contributed by atoms with E-state index in [2.05, 4.69) is 15.3 Å². The Kier molecular flexibility index (Phi) is 4.91. The summed E-state index contributed by atoms with van der Waals surface area (Å²) in [6.07, 6.45) is 6.98. The van der Waals surface area contributed by atoms with E-state index in [1.54, 1.807) is 11.1 Å². The molecule has 0 bridgehead atoms. The average molecular weight is 371 g/mol. The molecule has 27 heavy (non-hydrogen) atoms. The molecule has 9 heteroatoms. The molecule has 2 aliphatic heterocycles. The van der Waals surface area contributed by atoms with Gasteiger partial charge in [-0.2, -0.15) is 5.10 Å². The molecule has 2 fully saturated rings. The second kappa shape index (κ2) is 7.50. The van der Waals surface area contributed by atoms with E-state index in [1.165, 1.54) is 0 Å². The van der Waals surface area contributed by atoms with Gasteiger partial charge in [0.2, 0.25) is 11.8 Å². The van der Waals surface area contributed by atoms with Gasteiger partial charge in [-0.25, -0.2) is 0 Å². The molecule has 0 spiro atoms. The fraction of sp³-hybridized carbons (Fsp3) is 0.611. The van der Waals surface area contributed by atoms with Gasteiger partial charge in [0.1, 0.15) is 12.4 Å². The Morgan fingerprint density at radius 1 is 1.26 bits per heavy atom. The molecular weight excluding hydrogens is 346 g/mol. The Labute approximate surface area is 157 Å². The van der Waals surface area contributed by atoms with Crippen molar-refractivity contribution < 1.29 is 9.59 Å². The minimum atomic E-state index is 0.0360. The molecule has 0 N–H and O–H groups in total. The van der Waals surface area contributed by atoms with Gasteiger partial charge in [0.25, 0.3) is 0 Å². The number of carbonyl (C=O) groups is 2. The Hall–Kier alpha value is -2.71. The molecule has 144 valence electrons. The van der Waals surface area contributed by atoms with Gasteiger partial charge in [-0.15, -0.1) is 10.2 Å². The Morgan fingerprint density at radius 3 is 2.89 bits per heavy atom. The van der Waals surface area contributed by atoms with Crippen LogP contribution in [0.4, 0.5) is 0 Å². The van der Waals surface area contributed by atoms with Crippen molar-refractivity contribution in [2.24, 2.45) is 7.05 Å². The fourth-order valence-corrected chi connectivity index (χ4v) is 3.96. The molecule has 1 atom stereocenters. The van der Waals surface area contributed by atoms with Crippen LogP contribution in [0, 0.1) is 0 Å². The minimum absolute atomic E-state index is 0.0360. The lowest BCUT2D eigenvalue weighted by Crippen LogP contribution is -2.45. The van der Waals surface area contributed by atoms with Crippen molar-refractivity contribution in [1.29, 1.82) is 0 Å². The maximum Gasteiger partial charge on any atom is 0.242 e. The van der Waals surface area contributed by atoms with Crippen molar-refractivity contribution in [3.8, 4) is 0 Å². The smallest absolute Gasteiger partial charge is 0.242 e. The lowest BCUT2D eigenvalue weighted by molar-refractivity contribution is -0.139. The first-order valence-electron chi connectivity index (χ1n) is 9.53. The summed E-state index contributed by atoms with van der Waals surface area (Å²) < 4.78 is 3.84. The summed E-state index contributed by atoms with van der Waals surface area (Å²) in [5, 5.41) is 12.9. The van der Waals surface area contributed by atoms with Crippen molar-refractivity contribution in [2.75, 3.05) is 26.2 Å². The van der Waals surface area contributed by atoms with E-state index in [-0.39, 0.29) is 24.3 Å². The van der Waals surface area contributed by atoms with E-state index in [9.17, 15) is 9.59 Å². The number of likely N-dealkylation sites (tertiary alicyclic amines) is 2. The predicted octanol–water partition coefficient (Wildman–Crippen LogP) is 0.388. The molecule has 4 heterocycles. The van der Waals surface area contributed by atoms with Gasteiger partial charge in [-0.05, 0) is 25.3 Å².